The topological polar surface area (TPSA) is 54.2 Å². The Kier molecular flexibility index (Phi) is 3.91. The molecule has 4 rings (SSSR count). The Balaban J connectivity index is 1.43. The van der Waals surface area contributed by atoms with Gasteiger partial charge >= 0.3 is 0 Å². The molecular weight excluding hydrogens is 288 g/mol. The zero-order valence-electron chi connectivity index (χ0n) is 13.6. The van der Waals surface area contributed by atoms with Crippen LogP contribution in [-0.2, 0) is 13.0 Å². The monoisotopic (exact) mass is 312 g/mol. The molecule has 2 aliphatic rings. The van der Waals surface area contributed by atoms with Crippen LogP contribution in [-0.4, -0.2) is 43.9 Å². The normalized spacial score (nSPS) is 25.7. The molecule has 5 nitrogen and oxygen atoms in total. The van der Waals surface area contributed by atoms with E-state index in [1.165, 1.54) is 5.56 Å². The summed E-state index contributed by atoms with van der Waals surface area (Å²) in [6.07, 6.45) is 4.64. The summed E-state index contributed by atoms with van der Waals surface area (Å²) in [5.41, 5.74) is 2.42. The van der Waals surface area contributed by atoms with Crippen LogP contribution in [0.1, 0.15) is 48.7 Å². The SMILES string of the molecule is CCn1cnnc1C1CCN(C2Cc3ccccc3C2O)CC1. The first-order chi connectivity index (χ1) is 11.3. The summed E-state index contributed by atoms with van der Waals surface area (Å²) in [6.45, 7) is 5.11. The fraction of sp³-hybridized carbons (Fsp3) is 0.556. The molecule has 122 valence electrons. The molecule has 5 heteroatoms. The van der Waals surface area contributed by atoms with Crippen molar-refractivity contribution < 1.29 is 5.11 Å². The van der Waals surface area contributed by atoms with Gasteiger partial charge in [-0.25, -0.2) is 0 Å². The van der Waals surface area contributed by atoms with Crippen molar-refractivity contribution in [1.29, 1.82) is 0 Å². The van der Waals surface area contributed by atoms with Crippen LogP contribution in [0.2, 0.25) is 0 Å². The Hall–Kier alpha value is -1.72. The van der Waals surface area contributed by atoms with E-state index in [9.17, 15) is 5.11 Å². The molecular formula is C18H24N4O. The predicted octanol–water partition coefficient (Wildman–Crippen LogP) is 2.14. The van der Waals surface area contributed by atoms with Crippen LogP contribution in [0.25, 0.3) is 0 Å². The molecule has 1 aromatic carbocycles. The number of rotatable bonds is 3. The molecule has 2 aromatic rings. The van der Waals surface area contributed by atoms with E-state index in [1.807, 2.05) is 12.4 Å². The number of hydrogen-bond acceptors (Lipinski definition) is 4. The Labute approximate surface area is 137 Å². The second kappa shape index (κ2) is 6.06. The minimum atomic E-state index is -0.345. The van der Waals surface area contributed by atoms with Crippen LogP contribution < -0.4 is 0 Å². The molecule has 1 aliphatic carbocycles. The minimum absolute atomic E-state index is 0.234. The number of aromatic nitrogens is 3. The van der Waals surface area contributed by atoms with Gasteiger partial charge in [-0.2, -0.15) is 0 Å². The first-order valence-corrected chi connectivity index (χ1v) is 8.65. The van der Waals surface area contributed by atoms with Crippen LogP contribution in [0.4, 0.5) is 0 Å². The molecule has 1 fully saturated rings. The molecule has 0 amide bonds. The average Bonchev–Trinajstić information content (AvgIpc) is 3.20. The summed E-state index contributed by atoms with van der Waals surface area (Å²) < 4.78 is 2.15. The number of nitrogens with zero attached hydrogens (tertiary/aromatic N) is 4. The second-order valence-corrected chi connectivity index (χ2v) is 6.70. The van der Waals surface area contributed by atoms with Crippen molar-refractivity contribution in [2.24, 2.45) is 0 Å². The number of benzene rings is 1. The molecule has 0 bridgehead atoms. The summed E-state index contributed by atoms with van der Waals surface area (Å²) in [5.74, 6) is 1.62. The molecule has 1 saturated heterocycles. The molecule has 0 spiro atoms. The summed E-state index contributed by atoms with van der Waals surface area (Å²) in [6, 6.07) is 8.54. The van der Waals surface area contributed by atoms with E-state index in [0.29, 0.717) is 5.92 Å². The Morgan fingerprint density at radius 2 is 2.00 bits per heavy atom. The van der Waals surface area contributed by atoms with E-state index in [2.05, 4.69) is 44.8 Å². The van der Waals surface area contributed by atoms with Crippen LogP contribution in [0.3, 0.4) is 0 Å². The van der Waals surface area contributed by atoms with Crippen LogP contribution in [0.15, 0.2) is 30.6 Å². The third-order valence-electron chi connectivity index (χ3n) is 5.52. The maximum atomic E-state index is 10.7. The van der Waals surface area contributed by atoms with Crippen LogP contribution in [0.5, 0.6) is 0 Å². The van der Waals surface area contributed by atoms with Gasteiger partial charge in [-0.1, -0.05) is 24.3 Å². The summed E-state index contributed by atoms with van der Waals surface area (Å²) in [4.78, 5) is 2.47. The highest BCUT2D eigenvalue weighted by molar-refractivity contribution is 5.36. The minimum Gasteiger partial charge on any atom is -0.387 e. The van der Waals surface area contributed by atoms with E-state index in [4.69, 9.17) is 0 Å². The van der Waals surface area contributed by atoms with Crippen molar-refractivity contribution in [2.75, 3.05) is 13.1 Å². The Bertz CT molecular complexity index is 675. The lowest BCUT2D eigenvalue weighted by Crippen LogP contribution is -2.43. The second-order valence-electron chi connectivity index (χ2n) is 6.70. The summed E-state index contributed by atoms with van der Waals surface area (Å²) >= 11 is 0. The number of aliphatic hydroxyl groups excluding tert-OH is 1. The zero-order valence-corrected chi connectivity index (χ0v) is 13.6. The van der Waals surface area contributed by atoms with Gasteiger partial charge in [-0.05, 0) is 50.4 Å². The lowest BCUT2D eigenvalue weighted by molar-refractivity contribution is 0.0450. The molecule has 1 aromatic heterocycles. The van der Waals surface area contributed by atoms with Crippen LogP contribution >= 0.6 is 0 Å². The van der Waals surface area contributed by atoms with Gasteiger partial charge in [0, 0.05) is 18.5 Å². The van der Waals surface area contributed by atoms with E-state index in [-0.39, 0.29) is 12.1 Å². The molecule has 2 atom stereocenters. The number of fused-ring (bicyclic) bond motifs is 1. The maximum absolute atomic E-state index is 10.7. The third kappa shape index (κ3) is 2.58. The van der Waals surface area contributed by atoms with Crippen molar-refractivity contribution in [3.63, 3.8) is 0 Å². The van der Waals surface area contributed by atoms with E-state index >= 15 is 0 Å². The molecule has 2 unspecified atom stereocenters. The number of aryl methyl sites for hydroxylation is 1. The van der Waals surface area contributed by atoms with Gasteiger partial charge in [-0.15, -0.1) is 10.2 Å². The fourth-order valence-electron chi connectivity index (χ4n) is 4.19. The summed E-state index contributed by atoms with van der Waals surface area (Å²) in [5, 5.41) is 19.0. The predicted molar refractivity (Wildman–Crippen MR) is 88.1 cm³/mol. The quantitative estimate of drug-likeness (QED) is 0.943. The van der Waals surface area contributed by atoms with Gasteiger partial charge in [0.2, 0.25) is 0 Å². The summed E-state index contributed by atoms with van der Waals surface area (Å²) in [7, 11) is 0. The maximum Gasteiger partial charge on any atom is 0.135 e. The number of likely N-dealkylation sites (tertiary alicyclic amines) is 1. The smallest absolute Gasteiger partial charge is 0.135 e. The van der Waals surface area contributed by atoms with Crippen molar-refractivity contribution in [2.45, 2.75) is 50.8 Å². The molecule has 0 radical (unpaired) electrons. The van der Waals surface area contributed by atoms with Gasteiger partial charge in [0.15, 0.2) is 0 Å². The molecule has 2 heterocycles. The Morgan fingerprint density at radius 3 is 2.74 bits per heavy atom. The zero-order chi connectivity index (χ0) is 15.8. The van der Waals surface area contributed by atoms with Crippen LogP contribution in [0, 0.1) is 0 Å². The van der Waals surface area contributed by atoms with E-state index in [1.54, 1.807) is 0 Å². The van der Waals surface area contributed by atoms with Gasteiger partial charge in [0.1, 0.15) is 12.2 Å². The largest absolute Gasteiger partial charge is 0.387 e. The highest BCUT2D eigenvalue weighted by Crippen LogP contribution is 2.37. The molecule has 1 N–H and O–H groups in total. The number of piperidine rings is 1. The van der Waals surface area contributed by atoms with Crippen molar-refractivity contribution >= 4 is 0 Å². The highest BCUT2D eigenvalue weighted by atomic mass is 16.3. The van der Waals surface area contributed by atoms with Gasteiger partial charge in [-0.3, -0.25) is 4.90 Å². The average molecular weight is 312 g/mol. The highest BCUT2D eigenvalue weighted by Gasteiger charge is 2.37. The first kappa shape index (κ1) is 14.8. The van der Waals surface area contributed by atoms with E-state index < -0.39 is 0 Å². The van der Waals surface area contributed by atoms with Gasteiger partial charge in [0.25, 0.3) is 0 Å². The lowest BCUT2D eigenvalue weighted by atomic mass is 9.94. The number of aliphatic hydroxyl groups is 1. The molecule has 1 aliphatic heterocycles. The van der Waals surface area contributed by atoms with Crippen molar-refractivity contribution in [3.05, 3.63) is 47.5 Å². The third-order valence-corrected chi connectivity index (χ3v) is 5.52. The Morgan fingerprint density at radius 1 is 1.22 bits per heavy atom. The standard InChI is InChI=1S/C18H24N4O/c1-2-21-12-19-20-18(21)13-7-9-22(10-8-13)16-11-14-5-3-4-6-15(14)17(16)23/h3-6,12-13,16-17,23H,2,7-11H2,1H3. The molecule has 0 saturated carbocycles. The number of hydrogen-bond donors (Lipinski definition) is 1. The van der Waals surface area contributed by atoms with Crippen molar-refractivity contribution in [3.8, 4) is 0 Å². The lowest BCUT2D eigenvalue weighted by Gasteiger charge is -2.37. The van der Waals surface area contributed by atoms with E-state index in [0.717, 1.165) is 50.3 Å². The fourth-order valence-corrected chi connectivity index (χ4v) is 4.19. The van der Waals surface area contributed by atoms with Gasteiger partial charge < -0.3 is 9.67 Å². The molecule has 23 heavy (non-hydrogen) atoms. The van der Waals surface area contributed by atoms with Gasteiger partial charge in [0.05, 0.1) is 6.10 Å². The van der Waals surface area contributed by atoms with Crippen molar-refractivity contribution in [1.82, 2.24) is 19.7 Å². The first-order valence-electron chi connectivity index (χ1n) is 8.65.